The highest BCUT2D eigenvalue weighted by Gasteiger charge is 2.24. The lowest BCUT2D eigenvalue weighted by molar-refractivity contribution is -0.127. The van der Waals surface area contributed by atoms with Gasteiger partial charge < -0.3 is 25.2 Å². The predicted molar refractivity (Wildman–Crippen MR) is 128 cm³/mol. The second-order valence-electron chi connectivity index (χ2n) is 7.73. The molecule has 0 radical (unpaired) electrons. The number of anilines is 1. The number of likely N-dealkylation sites (N-methyl/N-ethyl adjacent to an activating group) is 1. The number of rotatable bonds is 6. The number of nitrogens with zero attached hydrogens (tertiary/aromatic N) is 3. The average Bonchev–Trinajstić information content (AvgIpc) is 3.19. The molecule has 29 heavy (non-hydrogen) atoms. The van der Waals surface area contributed by atoms with Gasteiger partial charge in [-0.15, -0.1) is 24.0 Å². The molecule has 0 spiro atoms. The molecule has 2 heterocycles. The summed E-state index contributed by atoms with van der Waals surface area (Å²) in [6.45, 7) is 3.63. The molecule has 8 heteroatoms. The fraction of sp³-hybridized carbons (Fsp3) is 0.619. The Morgan fingerprint density at radius 1 is 1.24 bits per heavy atom. The lowest BCUT2D eigenvalue weighted by atomic mass is 10.1. The number of carbonyl (C=O) groups is 1. The molecule has 2 fully saturated rings. The second kappa shape index (κ2) is 12.2. The van der Waals surface area contributed by atoms with Crippen LogP contribution in [0.25, 0.3) is 0 Å². The smallest absolute Gasteiger partial charge is 0.243 e. The zero-order valence-corrected chi connectivity index (χ0v) is 19.8. The lowest BCUT2D eigenvalue weighted by Crippen LogP contribution is -2.47. The van der Waals surface area contributed by atoms with E-state index < -0.39 is 0 Å². The van der Waals surface area contributed by atoms with E-state index in [-0.39, 0.29) is 42.5 Å². The summed E-state index contributed by atoms with van der Waals surface area (Å²) in [5.41, 5.74) is 1.25. The average molecular weight is 515 g/mol. The van der Waals surface area contributed by atoms with Gasteiger partial charge in [0.1, 0.15) is 6.54 Å². The van der Waals surface area contributed by atoms with Crippen LogP contribution in [0.5, 0.6) is 0 Å². The molecule has 0 aliphatic carbocycles. The van der Waals surface area contributed by atoms with E-state index in [0.29, 0.717) is 12.0 Å². The standard InChI is InChI=1S/C21H33N5O2.HI/c1-25(2)20(27)15-23-21(22-14-19-10-6-7-13-28-19)24-17-11-12-26(16-17)18-8-4-3-5-9-18;/h3-5,8-9,17,19H,6-7,10-16H2,1-2H3,(H2,22,23,24);1H. The zero-order chi connectivity index (χ0) is 19.8. The van der Waals surface area contributed by atoms with Crippen molar-refractivity contribution in [3.8, 4) is 0 Å². The number of guanidine groups is 1. The minimum Gasteiger partial charge on any atom is -0.376 e. The molecule has 1 aromatic rings. The van der Waals surface area contributed by atoms with Gasteiger partial charge in [0.05, 0.1) is 6.10 Å². The molecule has 2 N–H and O–H groups in total. The summed E-state index contributed by atoms with van der Waals surface area (Å²) in [6, 6.07) is 10.8. The first-order valence-electron chi connectivity index (χ1n) is 10.3. The van der Waals surface area contributed by atoms with E-state index >= 15 is 0 Å². The number of ether oxygens (including phenoxy) is 1. The molecule has 2 saturated heterocycles. The minimum atomic E-state index is -0.00708. The van der Waals surface area contributed by atoms with Crippen LogP contribution in [0.3, 0.4) is 0 Å². The fourth-order valence-electron chi connectivity index (χ4n) is 3.56. The lowest BCUT2D eigenvalue weighted by Gasteiger charge is -2.25. The second-order valence-corrected chi connectivity index (χ2v) is 7.73. The van der Waals surface area contributed by atoms with Crippen molar-refractivity contribution in [2.24, 2.45) is 4.99 Å². The van der Waals surface area contributed by atoms with Crippen molar-refractivity contribution < 1.29 is 9.53 Å². The van der Waals surface area contributed by atoms with Gasteiger partial charge in [-0.05, 0) is 37.8 Å². The minimum absolute atomic E-state index is 0. The first-order valence-corrected chi connectivity index (χ1v) is 10.3. The molecule has 1 amide bonds. The van der Waals surface area contributed by atoms with Crippen LogP contribution >= 0.6 is 24.0 Å². The summed E-state index contributed by atoms with van der Waals surface area (Å²) >= 11 is 0. The molecular formula is C21H34IN5O2. The van der Waals surface area contributed by atoms with E-state index in [1.165, 1.54) is 12.1 Å². The molecule has 0 bridgehead atoms. The van der Waals surface area contributed by atoms with E-state index in [1.54, 1.807) is 19.0 Å². The van der Waals surface area contributed by atoms with Gasteiger partial charge in [0.25, 0.3) is 0 Å². The summed E-state index contributed by atoms with van der Waals surface area (Å²) in [4.78, 5) is 20.4. The number of hydrogen-bond acceptors (Lipinski definition) is 4. The third kappa shape index (κ3) is 7.65. The van der Waals surface area contributed by atoms with Crippen molar-refractivity contribution in [2.45, 2.75) is 37.8 Å². The number of aliphatic imine (C=N–C) groups is 1. The van der Waals surface area contributed by atoms with Crippen LogP contribution in [0, 0.1) is 0 Å². The Morgan fingerprint density at radius 3 is 2.72 bits per heavy atom. The molecule has 3 rings (SSSR count). The Labute approximate surface area is 191 Å². The van der Waals surface area contributed by atoms with Crippen molar-refractivity contribution in [3.05, 3.63) is 30.3 Å². The number of carbonyl (C=O) groups excluding carboxylic acids is 1. The summed E-state index contributed by atoms with van der Waals surface area (Å²) < 4.78 is 5.81. The third-order valence-electron chi connectivity index (χ3n) is 5.29. The molecule has 2 aliphatic heterocycles. The van der Waals surface area contributed by atoms with Gasteiger partial charge in [0, 0.05) is 52.1 Å². The topological polar surface area (TPSA) is 69.2 Å². The Morgan fingerprint density at radius 2 is 2.03 bits per heavy atom. The van der Waals surface area contributed by atoms with E-state index in [1.807, 2.05) is 6.07 Å². The summed E-state index contributed by atoms with van der Waals surface area (Å²) in [5, 5.41) is 6.91. The molecule has 2 aliphatic rings. The number of hydrogen-bond donors (Lipinski definition) is 2. The molecule has 162 valence electrons. The van der Waals surface area contributed by atoms with Gasteiger partial charge >= 0.3 is 0 Å². The molecule has 7 nitrogen and oxygen atoms in total. The zero-order valence-electron chi connectivity index (χ0n) is 17.5. The van der Waals surface area contributed by atoms with Crippen LogP contribution < -0.4 is 15.5 Å². The van der Waals surface area contributed by atoms with E-state index in [4.69, 9.17) is 4.74 Å². The van der Waals surface area contributed by atoms with Gasteiger partial charge in [-0.25, -0.2) is 4.99 Å². The first kappa shape index (κ1) is 23.7. The van der Waals surface area contributed by atoms with Crippen LogP contribution in [-0.4, -0.2) is 75.8 Å². The van der Waals surface area contributed by atoms with Crippen molar-refractivity contribution in [1.82, 2.24) is 15.5 Å². The monoisotopic (exact) mass is 515 g/mol. The highest BCUT2D eigenvalue weighted by atomic mass is 127. The Balaban J connectivity index is 0.00000300. The first-order chi connectivity index (χ1) is 13.6. The number of halogens is 1. The van der Waals surface area contributed by atoms with Crippen molar-refractivity contribution in [1.29, 1.82) is 0 Å². The maximum absolute atomic E-state index is 12.0. The van der Waals surface area contributed by atoms with Gasteiger partial charge in [0.15, 0.2) is 5.96 Å². The van der Waals surface area contributed by atoms with Gasteiger partial charge in [-0.1, -0.05) is 18.2 Å². The van der Waals surface area contributed by atoms with Gasteiger partial charge in [-0.3, -0.25) is 4.79 Å². The van der Waals surface area contributed by atoms with Crippen LogP contribution in [-0.2, 0) is 9.53 Å². The molecular weight excluding hydrogens is 481 g/mol. The Hall–Kier alpha value is -1.55. The maximum Gasteiger partial charge on any atom is 0.243 e. The summed E-state index contributed by atoms with van der Waals surface area (Å²) in [5.74, 6) is 0.691. The number of amides is 1. The van der Waals surface area contributed by atoms with E-state index in [0.717, 1.165) is 45.5 Å². The van der Waals surface area contributed by atoms with Crippen LogP contribution in [0.1, 0.15) is 25.7 Å². The Kier molecular flexibility index (Phi) is 9.99. The van der Waals surface area contributed by atoms with Crippen molar-refractivity contribution in [3.63, 3.8) is 0 Å². The van der Waals surface area contributed by atoms with Crippen molar-refractivity contribution >= 4 is 41.5 Å². The van der Waals surface area contributed by atoms with Crippen LogP contribution in [0.4, 0.5) is 5.69 Å². The van der Waals surface area contributed by atoms with Crippen molar-refractivity contribution in [2.75, 3.05) is 51.8 Å². The number of para-hydroxylation sites is 1. The number of nitrogens with one attached hydrogen (secondary N) is 2. The molecule has 1 aromatic carbocycles. The predicted octanol–water partition coefficient (Wildman–Crippen LogP) is 2.08. The fourth-order valence-corrected chi connectivity index (χ4v) is 3.56. The van der Waals surface area contributed by atoms with Crippen LogP contribution in [0.15, 0.2) is 35.3 Å². The highest BCUT2D eigenvalue weighted by Crippen LogP contribution is 2.19. The van der Waals surface area contributed by atoms with E-state index in [9.17, 15) is 4.79 Å². The number of benzene rings is 1. The largest absolute Gasteiger partial charge is 0.376 e. The quantitative estimate of drug-likeness (QED) is 0.345. The van der Waals surface area contributed by atoms with Crippen LogP contribution in [0.2, 0.25) is 0 Å². The molecule has 0 saturated carbocycles. The molecule has 0 aromatic heterocycles. The summed E-state index contributed by atoms with van der Waals surface area (Å²) in [7, 11) is 3.51. The molecule has 2 unspecified atom stereocenters. The Bertz CT molecular complexity index is 650. The normalized spacial score (nSPS) is 22.0. The summed E-state index contributed by atoms with van der Waals surface area (Å²) in [6.07, 6.45) is 4.68. The third-order valence-corrected chi connectivity index (χ3v) is 5.29. The molecule has 2 atom stereocenters. The SMILES string of the molecule is CN(C)C(=O)CN=C(NCC1CCCCO1)NC1CCN(c2ccccc2)C1.I. The maximum atomic E-state index is 12.0. The van der Waals surface area contributed by atoms with Gasteiger partial charge in [-0.2, -0.15) is 0 Å². The van der Waals surface area contributed by atoms with Gasteiger partial charge in [0.2, 0.25) is 5.91 Å². The van der Waals surface area contributed by atoms with E-state index in [2.05, 4.69) is 44.8 Å². The highest BCUT2D eigenvalue weighted by molar-refractivity contribution is 14.0.